The van der Waals surface area contributed by atoms with E-state index in [1.165, 1.54) is 50.5 Å². The highest BCUT2D eigenvalue weighted by Crippen LogP contribution is 2.23. The zero-order valence-electron chi connectivity index (χ0n) is 12.8. The summed E-state index contributed by atoms with van der Waals surface area (Å²) in [6.45, 7) is 6.78. The first-order chi connectivity index (χ1) is 9.19. The average Bonchev–Trinajstić information content (AvgIpc) is 2.82. The monoisotopic (exact) mass is 259 g/mol. The molecule has 1 aliphatic carbocycles. The second-order valence-corrected chi connectivity index (χ2v) is 6.32. The molecule has 1 heteroatoms. The standard InChI is InChI=1S/C18H29N/c1-4-5-9-18(19-14(2)3)13-15-10-11-16-7-6-8-17(16)12-15/h10-12,14,18-19H,4-9,13H2,1-3H3. The van der Waals surface area contributed by atoms with Gasteiger partial charge in [0.2, 0.25) is 0 Å². The van der Waals surface area contributed by atoms with E-state index in [-0.39, 0.29) is 0 Å². The van der Waals surface area contributed by atoms with Crippen LogP contribution in [0.4, 0.5) is 0 Å². The fourth-order valence-electron chi connectivity index (χ4n) is 3.20. The van der Waals surface area contributed by atoms with Crippen molar-refractivity contribution in [3.63, 3.8) is 0 Å². The molecule has 19 heavy (non-hydrogen) atoms. The third-order valence-electron chi connectivity index (χ3n) is 4.12. The Hall–Kier alpha value is -0.820. The second kappa shape index (κ2) is 7.09. The van der Waals surface area contributed by atoms with Gasteiger partial charge in [-0.05, 0) is 48.8 Å². The number of hydrogen-bond acceptors (Lipinski definition) is 1. The number of unbranched alkanes of at least 4 members (excludes halogenated alkanes) is 1. The molecule has 0 spiro atoms. The SMILES string of the molecule is CCCCC(Cc1ccc2c(c1)CCC2)NC(C)C. The van der Waals surface area contributed by atoms with Gasteiger partial charge < -0.3 is 5.32 Å². The normalized spacial score (nSPS) is 15.8. The molecule has 1 N–H and O–H groups in total. The first-order valence-electron chi connectivity index (χ1n) is 8.05. The largest absolute Gasteiger partial charge is 0.311 e. The summed E-state index contributed by atoms with van der Waals surface area (Å²) in [5, 5.41) is 3.73. The van der Waals surface area contributed by atoms with Crippen LogP contribution in [0.2, 0.25) is 0 Å². The molecule has 106 valence electrons. The van der Waals surface area contributed by atoms with Crippen LogP contribution >= 0.6 is 0 Å². The zero-order valence-corrected chi connectivity index (χ0v) is 12.8. The Morgan fingerprint density at radius 2 is 1.95 bits per heavy atom. The molecule has 0 radical (unpaired) electrons. The maximum absolute atomic E-state index is 3.73. The van der Waals surface area contributed by atoms with Gasteiger partial charge in [-0.25, -0.2) is 0 Å². The summed E-state index contributed by atoms with van der Waals surface area (Å²) in [6.07, 6.45) is 9.04. The molecule has 1 aromatic rings. The fraction of sp³-hybridized carbons (Fsp3) is 0.667. The minimum Gasteiger partial charge on any atom is -0.311 e. The molecule has 1 atom stereocenters. The van der Waals surface area contributed by atoms with E-state index < -0.39 is 0 Å². The summed E-state index contributed by atoms with van der Waals surface area (Å²) in [5.41, 5.74) is 4.72. The average molecular weight is 259 g/mol. The quantitative estimate of drug-likeness (QED) is 0.771. The molecule has 0 heterocycles. The van der Waals surface area contributed by atoms with E-state index in [1.807, 2.05) is 0 Å². The van der Waals surface area contributed by atoms with Gasteiger partial charge in [0.15, 0.2) is 0 Å². The maximum Gasteiger partial charge on any atom is 0.0110 e. The molecule has 0 aliphatic heterocycles. The predicted molar refractivity (Wildman–Crippen MR) is 83.8 cm³/mol. The van der Waals surface area contributed by atoms with Gasteiger partial charge in [0.25, 0.3) is 0 Å². The van der Waals surface area contributed by atoms with Gasteiger partial charge in [0.05, 0.1) is 0 Å². The summed E-state index contributed by atoms with van der Waals surface area (Å²) in [6, 6.07) is 8.40. The van der Waals surface area contributed by atoms with Gasteiger partial charge in [-0.15, -0.1) is 0 Å². The van der Waals surface area contributed by atoms with Crippen molar-refractivity contribution < 1.29 is 0 Å². The lowest BCUT2D eigenvalue weighted by atomic mass is 9.97. The van der Waals surface area contributed by atoms with Gasteiger partial charge in [0.1, 0.15) is 0 Å². The summed E-state index contributed by atoms with van der Waals surface area (Å²) in [7, 11) is 0. The molecule has 1 nitrogen and oxygen atoms in total. The Morgan fingerprint density at radius 3 is 2.68 bits per heavy atom. The number of fused-ring (bicyclic) bond motifs is 1. The van der Waals surface area contributed by atoms with E-state index in [0.717, 1.165) is 0 Å². The van der Waals surface area contributed by atoms with E-state index >= 15 is 0 Å². The lowest BCUT2D eigenvalue weighted by Crippen LogP contribution is -2.36. The van der Waals surface area contributed by atoms with Crippen molar-refractivity contribution in [3.05, 3.63) is 34.9 Å². The van der Waals surface area contributed by atoms with Gasteiger partial charge in [-0.1, -0.05) is 51.8 Å². The number of hydrogen-bond donors (Lipinski definition) is 1. The topological polar surface area (TPSA) is 12.0 Å². The minimum atomic E-state index is 0.580. The lowest BCUT2D eigenvalue weighted by molar-refractivity contribution is 0.424. The maximum atomic E-state index is 3.73. The minimum absolute atomic E-state index is 0.580. The Bertz CT molecular complexity index is 395. The highest BCUT2D eigenvalue weighted by Gasteiger charge is 2.14. The predicted octanol–water partition coefficient (Wildman–Crippen LogP) is 4.27. The zero-order chi connectivity index (χ0) is 13.7. The molecule has 1 aliphatic rings. The van der Waals surface area contributed by atoms with Crippen LogP contribution in [0.15, 0.2) is 18.2 Å². The molecule has 0 bridgehead atoms. The lowest BCUT2D eigenvalue weighted by Gasteiger charge is -2.21. The summed E-state index contributed by atoms with van der Waals surface area (Å²) < 4.78 is 0. The van der Waals surface area contributed by atoms with Crippen LogP contribution in [0.5, 0.6) is 0 Å². The number of rotatable bonds is 7. The summed E-state index contributed by atoms with van der Waals surface area (Å²) in [4.78, 5) is 0. The van der Waals surface area contributed by atoms with Gasteiger partial charge in [0, 0.05) is 12.1 Å². The molecular weight excluding hydrogens is 230 g/mol. The first kappa shape index (κ1) is 14.6. The van der Waals surface area contributed by atoms with Crippen LogP contribution < -0.4 is 5.32 Å². The van der Waals surface area contributed by atoms with Crippen LogP contribution in [-0.2, 0) is 19.3 Å². The van der Waals surface area contributed by atoms with Crippen LogP contribution in [0, 0.1) is 0 Å². The van der Waals surface area contributed by atoms with E-state index in [4.69, 9.17) is 0 Å². The highest BCUT2D eigenvalue weighted by molar-refractivity contribution is 5.35. The highest BCUT2D eigenvalue weighted by atomic mass is 14.9. The van der Waals surface area contributed by atoms with Crippen LogP contribution in [0.25, 0.3) is 0 Å². The number of benzene rings is 1. The number of nitrogens with one attached hydrogen (secondary N) is 1. The van der Waals surface area contributed by atoms with Crippen LogP contribution in [0.3, 0.4) is 0 Å². The molecule has 1 aromatic carbocycles. The van der Waals surface area contributed by atoms with Crippen molar-refractivity contribution in [1.29, 1.82) is 0 Å². The molecule has 1 unspecified atom stereocenters. The molecule has 0 saturated carbocycles. The Kier molecular flexibility index (Phi) is 5.45. The van der Waals surface area contributed by atoms with Gasteiger partial charge >= 0.3 is 0 Å². The Balaban J connectivity index is 1.99. The van der Waals surface area contributed by atoms with Crippen molar-refractivity contribution in [2.75, 3.05) is 0 Å². The molecule has 0 aromatic heterocycles. The van der Waals surface area contributed by atoms with Crippen molar-refractivity contribution in [3.8, 4) is 0 Å². The molecule has 0 amide bonds. The second-order valence-electron chi connectivity index (χ2n) is 6.32. The Morgan fingerprint density at radius 1 is 1.16 bits per heavy atom. The third kappa shape index (κ3) is 4.35. The van der Waals surface area contributed by atoms with E-state index in [9.17, 15) is 0 Å². The molecule has 0 saturated heterocycles. The first-order valence-corrected chi connectivity index (χ1v) is 8.05. The molecule has 2 rings (SSSR count). The van der Waals surface area contributed by atoms with E-state index in [2.05, 4.69) is 44.3 Å². The fourth-order valence-corrected chi connectivity index (χ4v) is 3.20. The van der Waals surface area contributed by atoms with Gasteiger partial charge in [-0.3, -0.25) is 0 Å². The number of aryl methyl sites for hydroxylation is 2. The summed E-state index contributed by atoms with van der Waals surface area (Å²) >= 11 is 0. The molecule has 0 fully saturated rings. The molecular formula is C18H29N. The third-order valence-corrected chi connectivity index (χ3v) is 4.12. The van der Waals surface area contributed by atoms with Crippen LogP contribution in [-0.4, -0.2) is 12.1 Å². The Labute approximate surface area is 118 Å². The van der Waals surface area contributed by atoms with Crippen molar-refractivity contribution >= 4 is 0 Å². The van der Waals surface area contributed by atoms with Crippen molar-refractivity contribution in [2.45, 2.75) is 77.8 Å². The van der Waals surface area contributed by atoms with E-state index in [0.29, 0.717) is 12.1 Å². The summed E-state index contributed by atoms with van der Waals surface area (Å²) in [5.74, 6) is 0. The van der Waals surface area contributed by atoms with Crippen LogP contribution in [0.1, 0.15) is 63.1 Å². The smallest absolute Gasteiger partial charge is 0.0110 e. The van der Waals surface area contributed by atoms with Crippen molar-refractivity contribution in [2.24, 2.45) is 0 Å². The van der Waals surface area contributed by atoms with Gasteiger partial charge in [-0.2, -0.15) is 0 Å². The van der Waals surface area contributed by atoms with Crippen molar-refractivity contribution in [1.82, 2.24) is 5.32 Å². The van der Waals surface area contributed by atoms with E-state index in [1.54, 1.807) is 11.1 Å².